The molecule has 16 heteroatoms. The minimum Gasteiger partial charge on any atom is -0.449 e. The number of hydrogen-bond donors (Lipinski definition) is 3. The van der Waals surface area contributed by atoms with Crippen LogP contribution in [0.25, 0.3) is 0 Å². The fourth-order valence-electron chi connectivity index (χ4n) is 7.31. The number of nitrogens with one attached hydrogen (secondary N) is 3. The third-order valence-corrected chi connectivity index (χ3v) is 12.1. The zero-order valence-corrected chi connectivity index (χ0v) is 32.6. The lowest BCUT2D eigenvalue weighted by Crippen LogP contribution is -2.60. The second-order valence-corrected chi connectivity index (χ2v) is 18.7. The number of fused-ring (bicyclic) bond motifs is 3. The minimum atomic E-state index is -4.19. The Balaban J connectivity index is 1.45. The molecule has 3 aliphatic heterocycles. The Morgan fingerprint density at radius 3 is 2.43 bits per heavy atom. The molecule has 292 valence electrons. The summed E-state index contributed by atoms with van der Waals surface area (Å²) in [4.78, 5) is 71.8. The summed E-state index contributed by atoms with van der Waals surface area (Å²) >= 11 is 0. The van der Waals surface area contributed by atoms with Gasteiger partial charge in [-0.05, 0) is 53.2 Å². The number of ether oxygens (including phenoxy) is 2. The summed E-state index contributed by atoms with van der Waals surface area (Å²) < 4.78 is 39.6. The molecule has 5 atom stereocenters. The maximum absolute atomic E-state index is 14.5. The van der Waals surface area contributed by atoms with E-state index in [9.17, 15) is 32.4 Å². The van der Waals surface area contributed by atoms with Crippen LogP contribution in [-0.4, -0.2) is 103 Å². The molecule has 4 bridgehead atoms. The number of nitrogens with zero attached hydrogens (tertiary/aromatic N) is 3. The van der Waals surface area contributed by atoms with Crippen LogP contribution in [0.5, 0.6) is 0 Å². The molecule has 1 aliphatic carbocycles. The summed E-state index contributed by atoms with van der Waals surface area (Å²) in [5.74, 6) is -2.87. The normalized spacial score (nSPS) is 28.0. The molecule has 5 rings (SSSR count). The molecule has 0 spiro atoms. The number of cyclic esters (lactones) is 1. The average Bonchev–Trinajstić information content (AvgIpc) is 3.37. The van der Waals surface area contributed by atoms with Crippen LogP contribution in [0.1, 0.15) is 83.4 Å². The van der Waals surface area contributed by atoms with Gasteiger partial charge in [-0.1, -0.05) is 65.3 Å². The van der Waals surface area contributed by atoms with Gasteiger partial charge in [0.05, 0.1) is 13.2 Å². The average molecular weight is 759 g/mol. The lowest BCUT2D eigenvalue weighted by atomic mass is 9.85. The number of alkyl carbamates (subject to hydrolysis) is 1. The Labute approximate surface area is 312 Å². The van der Waals surface area contributed by atoms with Crippen molar-refractivity contribution in [2.75, 3.05) is 27.2 Å². The van der Waals surface area contributed by atoms with Crippen LogP contribution in [0.3, 0.4) is 0 Å². The van der Waals surface area contributed by atoms with E-state index < -0.39 is 75.2 Å². The first-order valence-corrected chi connectivity index (χ1v) is 19.6. The summed E-state index contributed by atoms with van der Waals surface area (Å²) in [6.45, 7) is 13.8. The highest BCUT2D eigenvalue weighted by molar-refractivity contribution is 7.87. The molecule has 1 saturated carbocycles. The Bertz CT molecular complexity index is 1760. The highest BCUT2D eigenvalue weighted by Crippen LogP contribution is 2.45. The standard InChI is InChI=1S/C37H54N6O9S/c1-9-25-18-37(25,32(46)40-53(49,50)41(7)8)39-30(44)28-17-26-20-43(28)31(45)29(35(2,3)4)38-33(47)51-22-36(5,6)16-11-10-13-23-14-12-15-24-19-42(21-27(23)24)34(48)52-26/h9,12,14-15,25-26,28-29H,1,10-11,13,16-22H2,2-8H3,(H,38,47)(H,39,44)(H,40,46)/t25-,26-,28+,29-,37-/m1/s1. The molecule has 1 aromatic rings. The van der Waals surface area contributed by atoms with Crippen LogP contribution in [0.15, 0.2) is 30.9 Å². The molecule has 15 nitrogen and oxygen atoms in total. The predicted molar refractivity (Wildman–Crippen MR) is 195 cm³/mol. The number of rotatable bonds is 6. The van der Waals surface area contributed by atoms with Crippen LogP contribution < -0.4 is 15.4 Å². The van der Waals surface area contributed by atoms with Crippen LogP contribution in [0.4, 0.5) is 9.59 Å². The van der Waals surface area contributed by atoms with Crippen molar-refractivity contribution in [1.29, 1.82) is 0 Å². The Kier molecular flexibility index (Phi) is 11.3. The maximum Gasteiger partial charge on any atom is 0.410 e. The number of carbonyl (C=O) groups is 5. The topological polar surface area (TPSA) is 184 Å². The highest BCUT2D eigenvalue weighted by Gasteiger charge is 2.61. The molecule has 0 radical (unpaired) electrons. The first-order valence-electron chi connectivity index (χ1n) is 18.2. The van der Waals surface area contributed by atoms with Gasteiger partial charge in [0.25, 0.3) is 5.91 Å². The predicted octanol–water partition coefficient (Wildman–Crippen LogP) is 2.99. The van der Waals surface area contributed by atoms with Crippen molar-refractivity contribution < 1.29 is 41.9 Å². The van der Waals surface area contributed by atoms with E-state index in [0.29, 0.717) is 13.1 Å². The molecule has 0 unspecified atom stereocenters. The van der Waals surface area contributed by atoms with Crippen molar-refractivity contribution >= 4 is 40.1 Å². The van der Waals surface area contributed by atoms with E-state index >= 15 is 0 Å². The largest absolute Gasteiger partial charge is 0.449 e. The monoisotopic (exact) mass is 758 g/mol. The van der Waals surface area contributed by atoms with Crippen LogP contribution >= 0.6 is 0 Å². The van der Waals surface area contributed by atoms with Crippen molar-refractivity contribution in [3.8, 4) is 0 Å². The molecule has 0 aromatic heterocycles. The van der Waals surface area contributed by atoms with E-state index in [0.717, 1.165) is 46.7 Å². The molecule has 3 N–H and O–H groups in total. The SMILES string of the molecule is C=C[C@@H]1C[C@]1(NC(=O)[C@@H]1C[C@@H]2CN1C(=O)[C@H](C(C)(C)C)NC(=O)OCC(C)(C)CCCCc1cccc3c1CN(C3)C(=O)O2)C(=O)NS(=O)(=O)N(C)C. The maximum atomic E-state index is 14.5. The fourth-order valence-corrected chi connectivity index (χ4v) is 7.91. The molecular formula is C37H54N6O9S. The van der Waals surface area contributed by atoms with Crippen LogP contribution in [0, 0.1) is 16.7 Å². The van der Waals surface area contributed by atoms with Gasteiger partial charge in [0.1, 0.15) is 23.7 Å². The highest BCUT2D eigenvalue weighted by atomic mass is 32.2. The lowest BCUT2D eigenvalue weighted by molar-refractivity contribution is -0.143. The first kappa shape index (κ1) is 40.0. The van der Waals surface area contributed by atoms with E-state index in [1.807, 2.05) is 30.7 Å². The van der Waals surface area contributed by atoms with Gasteiger partial charge >= 0.3 is 22.4 Å². The fraction of sp³-hybridized carbons (Fsp3) is 0.649. The second-order valence-electron chi connectivity index (χ2n) is 16.8. The van der Waals surface area contributed by atoms with Crippen molar-refractivity contribution in [3.63, 3.8) is 0 Å². The summed E-state index contributed by atoms with van der Waals surface area (Å²) in [7, 11) is -1.67. The van der Waals surface area contributed by atoms with Gasteiger partial charge in [-0.15, -0.1) is 6.58 Å². The van der Waals surface area contributed by atoms with E-state index in [1.165, 1.54) is 25.1 Å². The van der Waals surface area contributed by atoms with Crippen LogP contribution in [0.2, 0.25) is 0 Å². The van der Waals surface area contributed by atoms with Crippen LogP contribution in [-0.2, 0) is 53.6 Å². The zero-order chi connectivity index (χ0) is 39.1. The molecular weight excluding hydrogens is 705 g/mol. The molecule has 1 saturated heterocycles. The van der Waals surface area contributed by atoms with Gasteiger partial charge in [-0.3, -0.25) is 19.3 Å². The minimum absolute atomic E-state index is 0.0853. The summed E-state index contributed by atoms with van der Waals surface area (Å²) in [6.07, 6.45) is 2.62. The van der Waals surface area contributed by atoms with Gasteiger partial charge in [0, 0.05) is 39.5 Å². The van der Waals surface area contributed by atoms with Gasteiger partial charge in [-0.2, -0.15) is 12.7 Å². The van der Waals surface area contributed by atoms with Gasteiger partial charge in [-0.25, -0.2) is 14.3 Å². The molecule has 4 aliphatic rings. The molecule has 1 aromatic carbocycles. The smallest absolute Gasteiger partial charge is 0.410 e. The Morgan fingerprint density at radius 1 is 1.09 bits per heavy atom. The quantitative estimate of drug-likeness (QED) is 0.367. The van der Waals surface area contributed by atoms with Gasteiger partial charge in [0.2, 0.25) is 11.8 Å². The number of benzene rings is 1. The number of hydrogen-bond acceptors (Lipinski definition) is 9. The Hall–Kier alpha value is -4.18. The van der Waals surface area contributed by atoms with E-state index in [1.54, 1.807) is 25.7 Å². The molecule has 3 heterocycles. The van der Waals surface area contributed by atoms with E-state index in [2.05, 4.69) is 23.3 Å². The zero-order valence-electron chi connectivity index (χ0n) is 31.8. The van der Waals surface area contributed by atoms with Gasteiger partial charge < -0.3 is 25.0 Å². The first-order chi connectivity index (χ1) is 24.7. The van der Waals surface area contributed by atoms with Crippen molar-refractivity contribution in [1.82, 2.24) is 29.5 Å². The summed E-state index contributed by atoms with van der Waals surface area (Å²) in [6, 6.07) is 3.68. The summed E-state index contributed by atoms with van der Waals surface area (Å²) in [5.41, 5.74) is 0.489. The number of amides is 5. The third-order valence-electron chi connectivity index (χ3n) is 10.7. The van der Waals surface area contributed by atoms with E-state index in [4.69, 9.17) is 9.47 Å². The van der Waals surface area contributed by atoms with Crippen molar-refractivity contribution in [3.05, 3.63) is 47.5 Å². The Morgan fingerprint density at radius 2 is 1.79 bits per heavy atom. The molecule has 2 fully saturated rings. The van der Waals surface area contributed by atoms with Crippen molar-refractivity contribution in [2.45, 2.75) is 110 Å². The van der Waals surface area contributed by atoms with Crippen molar-refractivity contribution in [2.24, 2.45) is 16.7 Å². The summed E-state index contributed by atoms with van der Waals surface area (Å²) in [5, 5.41) is 5.44. The number of carbonyl (C=O) groups excluding carboxylic acids is 5. The third kappa shape index (κ3) is 8.80. The van der Waals surface area contributed by atoms with E-state index in [-0.39, 0.29) is 31.4 Å². The molecule has 5 amide bonds. The van der Waals surface area contributed by atoms with Gasteiger partial charge in [0.15, 0.2) is 0 Å². The molecule has 53 heavy (non-hydrogen) atoms. The second kappa shape index (κ2) is 14.9. The number of aryl methyl sites for hydroxylation is 1. The lowest BCUT2D eigenvalue weighted by Gasteiger charge is -2.35.